The van der Waals surface area contributed by atoms with Crippen LogP contribution in [0.3, 0.4) is 0 Å². The van der Waals surface area contributed by atoms with Gasteiger partial charge in [0.25, 0.3) is 0 Å². The molecule has 1 aliphatic heterocycles. The van der Waals surface area contributed by atoms with Crippen molar-refractivity contribution in [1.29, 1.82) is 0 Å². The van der Waals surface area contributed by atoms with Crippen molar-refractivity contribution < 1.29 is 9.53 Å². The predicted molar refractivity (Wildman–Crippen MR) is 96.5 cm³/mol. The van der Waals surface area contributed by atoms with Crippen LogP contribution in [0.5, 0.6) is 5.75 Å². The number of hydrogen-bond donors (Lipinski definition) is 2. The van der Waals surface area contributed by atoms with Gasteiger partial charge < -0.3 is 15.4 Å². The molecule has 130 valence electrons. The van der Waals surface area contributed by atoms with Gasteiger partial charge >= 0.3 is 0 Å². The molecule has 2 rings (SSSR count). The molecule has 1 amide bonds. The molecule has 2 N–H and O–H groups in total. The Balaban J connectivity index is 0.00000264. The number of carbonyl (C=O) groups is 1. The van der Waals surface area contributed by atoms with E-state index in [1.54, 1.807) is 7.11 Å². The monoisotopic (exact) mass is 360 g/mol. The highest BCUT2D eigenvalue weighted by atomic mass is 35.5. The molecule has 2 unspecified atom stereocenters. The average molecular weight is 361 g/mol. The quantitative estimate of drug-likeness (QED) is 0.816. The van der Waals surface area contributed by atoms with Crippen LogP contribution in [-0.4, -0.2) is 26.1 Å². The Morgan fingerprint density at radius 1 is 1.52 bits per heavy atom. The van der Waals surface area contributed by atoms with Crippen molar-refractivity contribution >= 4 is 29.9 Å². The van der Waals surface area contributed by atoms with Crippen LogP contribution in [0.2, 0.25) is 5.02 Å². The maximum atomic E-state index is 12.1. The van der Waals surface area contributed by atoms with E-state index in [-0.39, 0.29) is 18.3 Å². The van der Waals surface area contributed by atoms with Gasteiger partial charge in [0.05, 0.1) is 12.1 Å². The van der Waals surface area contributed by atoms with Gasteiger partial charge in [-0.05, 0) is 55.5 Å². The lowest BCUT2D eigenvalue weighted by atomic mass is 9.85. The van der Waals surface area contributed by atoms with E-state index < -0.39 is 0 Å². The first kappa shape index (κ1) is 20.1. The van der Waals surface area contributed by atoms with E-state index in [4.69, 9.17) is 16.3 Å². The highest BCUT2D eigenvalue weighted by molar-refractivity contribution is 6.32. The second-order valence-corrected chi connectivity index (χ2v) is 6.44. The molecule has 23 heavy (non-hydrogen) atoms. The van der Waals surface area contributed by atoms with Crippen LogP contribution in [0.25, 0.3) is 0 Å². The number of halogens is 2. The predicted octanol–water partition coefficient (Wildman–Crippen LogP) is 3.41. The third-order valence-corrected chi connectivity index (χ3v) is 4.65. The van der Waals surface area contributed by atoms with E-state index >= 15 is 0 Å². The normalized spacial score (nSPS) is 18.7. The van der Waals surface area contributed by atoms with E-state index in [0.717, 1.165) is 18.7 Å². The number of methoxy groups -OCH3 is 1. The first-order valence-corrected chi connectivity index (χ1v) is 8.27. The number of benzene rings is 1. The minimum atomic E-state index is 0. The smallest absolute Gasteiger partial charge is 0.220 e. The van der Waals surface area contributed by atoms with E-state index in [1.165, 1.54) is 12.8 Å². The first-order valence-electron chi connectivity index (χ1n) is 7.90. The molecular formula is C17H26Cl2N2O2. The van der Waals surface area contributed by atoms with Crippen LogP contribution in [0, 0.1) is 11.8 Å². The Bertz CT molecular complexity index is 505. The fourth-order valence-electron chi connectivity index (χ4n) is 2.92. The highest BCUT2D eigenvalue weighted by Gasteiger charge is 2.21. The third kappa shape index (κ3) is 6.21. The first-order chi connectivity index (χ1) is 10.6. The van der Waals surface area contributed by atoms with Crippen molar-refractivity contribution in [3.8, 4) is 5.75 Å². The number of nitrogens with one attached hydrogen (secondary N) is 2. The maximum Gasteiger partial charge on any atom is 0.220 e. The van der Waals surface area contributed by atoms with Gasteiger partial charge in [-0.1, -0.05) is 24.6 Å². The van der Waals surface area contributed by atoms with E-state index in [9.17, 15) is 4.79 Å². The highest BCUT2D eigenvalue weighted by Crippen LogP contribution is 2.25. The average Bonchev–Trinajstić information content (AvgIpc) is 2.54. The molecule has 0 radical (unpaired) electrons. The van der Waals surface area contributed by atoms with Gasteiger partial charge in [-0.15, -0.1) is 12.4 Å². The fourth-order valence-corrected chi connectivity index (χ4v) is 3.20. The fraction of sp³-hybridized carbons (Fsp3) is 0.588. The Kier molecular flexibility index (Phi) is 8.74. The molecular weight excluding hydrogens is 335 g/mol. The number of hydrogen-bond acceptors (Lipinski definition) is 3. The third-order valence-electron chi connectivity index (χ3n) is 4.35. The van der Waals surface area contributed by atoms with Gasteiger partial charge in [0.1, 0.15) is 5.75 Å². The summed E-state index contributed by atoms with van der Waals surface area (Å²) in [4.78, 5) is 12.1. The summed E-state index contributed by atoms with van der Waals surface area (Å²) in [5.74, 6) is 1.77. The molecule has 0 aromatic heterocycles. The second kappa shape index (κ2) is 10.0. The van der Waals surface area contributed by atoms with Gasteiger partial charge in [-0.25, -0.2) is 0 Å². The van der Waals surface area contributed by atoms with E-state index in [0.29, 0.717) is 35.6 Å². The number of carbonyl (C=O) groups excluding carboxylic acids is 1. The molecule has 1 fully saturated rings. The van der Waals surface area contributed by atoms with Crippen molar-refractivity contribution in [3.63, 3.8) is 0 Å². The zero-order chi connectivity index (χ0) is 15.9. The largest absolute Gasteiger partial charge is 0.495 e. The van der Waals surface area contributed by atoms with Gasteiger partial charge in [0, 0.05) is 13.0 Å². The van der Waals surface area contributed by atoms with Gasteiger partial charge in [-0.3, -0.25) is 4.79 Å². The standard InChI is InChI=1S/C17H25ClN2O2.ClH/c1-12(14-4-3-7-19-11-14)8-17(21)20-10-13-5-6-16(22-2)15(18)9-13;/h5-6,9,12,14,19H,3-4,7-8,10-11H2,1-2H3,(H,20,21);1H. The van der Waals surface area contributed by atoms with E-state index in [1.807, 2.05) is 18.2 Å². The van der Waals surface area contributed by atoms with Crippen molar-refractivity contribution in [1.82, 2.24) is 10.6 Å². The van der Waals surface area contributed by atoms with Crippen molar-refractivity contribution in [2.45, 2.75) is 32.7 Å². The lowest BCUT2D eigenvalue weighted by Gasteiger charge is -2.28. The van der Waals surface area contributed by atoms with Crippen LogP contribution in [-0.2, 0) is 11.3 Å². The Hall–Kier alpha value is -0.970. The molecule has 0 saturated carbocycles. The summed E-state index contributed by atoms with van der Waals surface area (Å²) in [6.45, 7) is 4.80. The summed E-state index contributed by atoms with van der Waals surface area (Å²) in [6.07, 6.45) is 3.01. The van der Waals surface area contributed by atoms with Crippen LogP contribution in [0.1, 0.15) is 31.7 Å². The summed E-state index contributed by atoms with van der Waals surface area (Å²) in [5, 5.41) is 6.95. The Labute approximate surface area is 149 Å². The van der Waals surface area contributed by atoms with Gasteiger partial charge in [0.2, 0.25) is 5.91 Å². The topological polar surface area (TPSA) is 50.4 Å². The molecule has 0 aliphatic carbocycles. The lowest BCUT2D eigenvalue weighted by Crippen LogP contribution is -2.35. The minimum absolute atomic E-state index is 0. The molecule has 0 spiro atoms. The number of piperidine rings is 1. The number of ether oxygens (including phenoxy) is 1. The summed E-state index contributed by atoms with van der Waals surface area (Å²) in [6, 6.07) is 5.56. The van der Waals surface area contributed by atoms with Crippen LogP contribution < -0.4 is 15.4 Å². The minimum Gasteiger partial charge on any atom is -0.495 e. The number of rotatable bonds is 6. The zero-order valence-electron chi connectivity index (χ0n) is 13.7. The summed E-state index contributed by atoms with van der Waals surface area (Å²) in [7, 11) is 1.59. The Morgan fingerprint density at radius 2 is 2.30 bits per heavy atom. The molecule has 1 heterocycles. The van der Waals surface area contributed by atoms with Crippen molar-refractivity contribution in [3.05, 3.63) is 28.8 Å². The molecule has 6 heteroatoms. The number of amides is 1. The van der Waals surface area contributed by atoms with Crippen molar-refractivity contribution in [2.75, 3.05) is 20.2 Å². The van der Waals surface area contributed by atoms with Crippen LogP contribution in [0.4, 0.5) is 0 Å². The maximum absolute atomic E-state index is 12.1. The molecule has 1 saturated heterocycles. The molecule has 1 aromatic rings. The van der Waals surface area contributed by atoms with E-state index in [2.05, 4.69) is 17.6 Å². The SMILES string of the molecule is COc1ccc(CNC(=O)CC(C)C2CCCNC2)cc1Cl.Cl. The van der Waals surface area contributed by atoms with Gasteiger partial charge in [0.15, 0.2) is 0 Å². The van der Waals surface area contributed by atoms with Gasteiger partial charge in [-0.2, -0.15) is 0 Å². The summed E-state index contributed by atoms with van der Waals surface area (Å²) in [5.41, 5.74) is 0.978. The van der Waals surface area contributed by atoms with Crippen molar-refractivity contribution in [2.24, 2.45) is 11.8 Å². The lowest BCUT2D eigenvalue weighted by molar-refractivity contribution is -0.122. The Morgan fingerprint density at radius 3 is 2.91 bits per heavy atom. The summed E-state index contributed by atoms with van der Waals surface area (Å²) >= 11 is 6.09. The molecule has 1 aromatic carbocycles. The van der Waals surface area contributed by atoms with Crippen LogP contribution in [0.15, 0.2) is 18.2 Å². The van der Waals surface area contributed by atoms with Crippen LogP contribution >= 0.6 is 24.0 Å². The zero-order valence-corrected chi connectivity index (χ0v) is 15.3. The summed E-state index contributed by atoms with van der Waals surface area (Å²) < 4.78 is 5.12. The molecule has 1 aliphatic rings. The molecule has 0 bridgehead atoms. The second-order valence-electron chi connectivity index (χ2n) is 6.03. The molecule has 4 nitrogen and oxygen atoms in total. The molecule has 2 atom stereocenters.